The maximum Gasteiger partial charge on any atom is 0.263 e. The minimum Gasteiger partial charge on any atom is -0.361 e. The Morgan fingerprint density at radius 2 is 1.93 bits per heavy atom. The molecule has 2 amide bonds. The largest absolute Gasteiger partial charge is 0.361 e. The monoisotopic (exact) mass is 408 g/mol. The Balaban J connectivity index is 1.38. The van der Waals surface area contributed by atoms with Crippen molar-refractivity contribution in [2.45, 2.75) is 6.42 Å². The molecule has 6 nitrogen and oxygen atoms in total. The van der Waals surface area contributed by atoms with E-state index in [0.717, 1.165) is 16.5 Å². The number of amides is 2. The summed E-state index contributed by atoms with van der Waals surface area (Å²) in [7, 11) is 0. The van der Waals surface area contributed by atoms with Crippen molar-refractivity contribution in [3.8, 4) is 0 Å². The van der Waals surface area contributed by atoms with Crippen molar-refractivity contribution in [3.63, 3.8) is 0 Å². The van der Waals surface area contributed by atoms with Crippen LogP contribution >= 0.6 is 11.3 Å². The van der Waals surface area contributed by atoms with Gasteiger partial charge in [-0.2, -0.15) is 0 Å². The van der Waals surface area contributed by atoms with E-state index < -0.39 is 0 Å². The van der Waals surface area contributed by atoms with Crippen molar-refractivity contribution in [1.82, 2.24) is 15.3 Å². The van der Waals surface area contributed by atoms with Crippen LogP contribution in [0, 0.1) is 5.82 Å². The molecule has 4 rings (SSSR count). The first-order valence-electron chi connectivity index (χ1n) is 8.94. The van der Waals surface area contributed by atoms with E-state index >= 15 is 0 Å². The van der Waals surface area contributed by atoms with E-state index in [1.807, 2.05) is 6.20 Å². The van der Waals surface area contributed by atoms with Gasteiger partial charge in [0.05, 0.1) is 5.69 Å². The Morgan fingerprint density at radius 1 is 1.10 bits per heavy atom. The van der Waals surface area contributed by atoms with Gasteiger partial charge in [-0.25, -0.2) is 4.39 Å². The molecular formula is C21H17FN4O2S. The average Bonchev–Trinajstić information content (AvgIpc) is 3.35. The lowest BCUT2D eigenvalue weighted by molar-refractivity contribution is 0.0959. The molecule has 29 heavy (non-hydrogen) atoms. The molecule has 0 fully saturated rings. The molecule has 4 aromatic rings. The van der Waals surface area contributed by atoms with Crippen molar-refractivity contribution in [2.24, 2.45) is 0 Å². The quantitative estimate of drug-likeness (QED) is 0.451. The topological polar surface area (TPSA) is 86.9 Å². The third kappa shape index (κ3) is 4.17. The second-order valence-electron chi connectivity index (χ2n) is 6.36. The summed E-state index contributed by atoms with van der Waals surface area (Å²) < 4.78 is 13.3. The molecule has 8 heteroatoms. The van der Waals surface area contributed by atoms with Crippen LogP contribution in [-0.2, 0) is 6.42 Å². The zero-order valence-electron chi connectivity index (χ0n) is 15.2. The minimum absolute atomic E-state index is 0.254. The summed E-state index contributed by atoms with van der Waals surface area (Å²) in [5.74, 6) is -0.847. The zero-order chi connectivity index (χ0) is 20.2. The Labute approximate surface area is 169 Å². The SMILES string of the molecule is O=C(Nc1ccsc1C(=O)NCCc1c[nH]c2cc(F)ccc12)c1ccncc1. The fourth-order valence-corrected chi connectivity index (χ4v) is 3.80. The molecule has 0 bridgehead atoms. The molecule has 3 N–H and O–H groups in total. The normalized spacial score (nSPS) is 10.8. The van der Waals surface area contributed by atoms with Gasteiger partial charge in [-0.1, -0.05) is 0 Å². The van der Waals surface area contributed by atoms with Crippen LogP contribution in [0.4, 0.5) is 10.1 Å². The molecule has 146 valence electrons. The number of carbonyl (C=O) groups excluding carboxylic acids is 2. The predicted molar refractivity (Wildman–Crippen MR) is 111 cm³/mol. The highest BCUT2D eigenvalue weighted by atomic mass is 32.1. The van der Waals surface area contributed by atoms with E-state index in [1.165, 1.54) is 35.9 Å². The van der Waals surface area contributed by atoms with E-state index in [1.54, 1.807) is 29.6 Å². The van der Waals surface area contributed by atoms with Gasteiger partial charge in [0.25, 0.3) is 11.8 Å². The molecule has 0 aliphatic carbocycles. The summed E-state index contributed by atoms with van der Waals surface area (Å²) in [6.07, 6.45) is 5.49. The predicted octanol–water partition coefficient (Wildman–Crippen LogP) is 3.99. The van der Waals surface area contributed by atoms with Gasteiger partial charge in [0, 0.05) is 41.6 Å². The lowest BCUT2D eigenvalue weighted by atomic mass is 10.1. The van der Waals surface area contributed by atoms with E-state index in [0.29, 0.717) is 29.1 Å². The van der Waals surface area contributed by atoms with Gasteiger partial charge in [0.1, 0.15) is 10.7 Å². The number of H-pyrrole nitrogens is 1. The standard InChI is InChI=1S/C21H17FN4O2S/c22-15-1-2-16-14(12-25-18(16)11-15)5-9-24-21(28)19-17(6-10-29-19)26-20(27)13-3-7-23-8-4-13/h1-4,6-8,10-12,25H,5,9H2,(H,24,28)(H,26,27). The summed E-state index contributed by atoms with van der Waals surface area (Å²) >= 11 is 1.26. The fourth-order valence-electron chi connectivity index (χ4n) is 3.04. The van der Waals surface area contributed by atoms with Crippen LogP contribution < -0.4 is 10.6 Å². The van der Waals surface area contributed by atoms with Gasteiger partial charge in [0.15, 0.2) is 0 Å². The molecule has 3 aromatic heterocycles. The molecule has 1 aromatic carbocycles. The highest BCUT2D eigenvalue weighted by molar-refractivity contribution is 7.12. The first-order valence-corrected chi connectivity index (χ1v) is 9.82. The van der Waals surface area contributed by atoms with Crippen molar-refractivity contribution in [2.75, 3.05) is 11.9 Å². The number of fused-ring (bicyclic) bond motifs is 1. The van der Waals surface area contributed by atoms with E-state index in [2.05, 4.69) is 20.6 Å². The Hall–Kier alpha value is -3.52. The van der Waals surface area contributed by atoms with Crippen LogP contribution in [-0.4, -0.2) is 28.3 Å². The molecule has 0 saturated carbocycles. The molecule has 3 heterocycles. The minimum atomic E-state index is -0.300. The maximum absolute atomic E-state index is 13.3. The molecular weight excluding hydrogens is 391 g/mol. The number of nitrogens with zero attached hydrogens (tertiary/aromatic N) is 1. The van der Waals surface area contributed by atoms with Crippen molar-refractivity contribution < 1.29 is 14.0 Å². The molecule has 0 unspecified atom stereocenters. The fraction of sp³-hybridized carbons (Fsp3) is 0.0952. The van der Waals surface area contributed by atoms with Crippen molar-refractivity contribution in [3.05, 3.63) is 82.2 Å². The number of thiophene rings is 1. The molecule has 0 spiro atoms. The molecule has 0 saturated heterocycles. The number of aromatic amines is 1. The number of benzene rings is 1. The van der Waals surface area contributed by atoms with Gasteiger partial charge in [-0.3, -0.25) is 14.6 Å². The van der Waals surface area contributed by atoms with Crippen LogP contribution in [0.2, 0.25) is 0 Å². The summed E-state index contributed by atoms with van der Waals surface area (Å²) in [4.78, 5) is 32.2. The third-order valence-corrected chi connectivity index (χ3v) is 5.38. The number of halogens is 1. The summed E-state index contributed by atoms with van der Waals surface area (Å²) in [5, 5.41) is 8.33. The smallest absolute Gasteiger partial charge is 0.263 e. The summed E-state index contributed by atoms with van der Waals surface area (Å²) in [6.45, 7) is 0.415. The summed E-state index contributed by atoms with van der Waals surface area (Å²) in [6, 6.07) is 9.50. The van der Waals surface area contributed by atoms with Crippen molar-refractivity contribution >= 4 is 39.7 Å². The number of hydrogen-bond acceptors (Lipinski definition) is 4. The maximum atomic E-state index is 13.3. The molecule has 0 aliphatic heterocycles. The van der Waals surface area contributed by atoms with Crippen LogP contribution in [0.5, 0.6) is 0 Å². The van der Waals surface area contributed by atoms with E-state index in [9.17, 15) is 14.0 Å². The number of rotatable bonds is 6. The van der Waals surface area contributed by atoms with Crippen LogP contribution in [0.25, 0.3) is 10.9 Å². The van der Waals surface area contributed by atoms with E-state index in [-0.39, 0.29) is 17.6 Å². The highest BCUT2D eigenvalue weighted by Crippen LogP contribution is 2.23. The van der Waals surface area contributed by atoms with Gasteiger partial charge in [-0.15, -0.1) is 11.3 Å². The second-order valence-corrected chi connectivity index (χ2v) is 7.28. The van der Waals surface area contributed by atoms with Crippen molar-refractivity contribution in [1.29, 1.82) is 0 Å². The number of nitrogens with one attached hydrogen (secondary N) is 3. The number of pyridine rings is 1. The summed E-state index contributed by atoms with van der Waals surface area (Å²) in [5.41, 5.74) is 2.66. The Kier molecular flexibility index (Phi) is 5.35. The van der Waals surface area contributed by atoms with Gasteiger partial charge in [-0.05, 0) is 53.8 Å². The zero-order valence-corrected chi connectivity index (χ0v) is 16.1. The molecule has 0 aliphatic rings. The Morgan fingerprint density at radius 3 is 2.76 bits per heavy atom. The Bertz CT molecular complexity index is 1170. The number of anilines is 1. The third-order valence-electron chi connectivity index (χ3n) is 4.47. The van der Waals surface area contributed by atoms with Crippen LogP contribution in [0.3, 0.4) is 0 Å². The van der Waals surface area contributed by atoms with Crippen LogP contribution in [0.15, 0.2) is 60.4 Å². The average molecular weight is 408 g/mol. The number of carbonyl (C=O) groups is 2. The number of aromatic nitrogens is 2. The van der Waals surface area contributed by atoms with Gasteiger partial charge < -0.3 is 15.6 Å². The highest BCUT2D eigenvalue weighted by Gasteiger charge is 2.16. The lowest BCUT2D eigenvalue weighted by Gasteiger charge is -2.08. The molecule has 0 atom stereocenters. The first kappa shape index (κ1) is 18.8. The van der Waals surface area contributed by atoms with Crippen LogP contribution in [0.1, 0.15) is 25.6 Å². The molecule has 0 radical (unpaired) electrons. The van der Waals surface area contributed by atoms with Gasteiger partial charge in [0.2, 0.25) is 0 Å². The number of hydrogen-bond donors (Lipinski definition) is 3. The second kappa shape index (κ2) is 8.24. The van der Waals surface area contributed by atoms with Gasteiger partial charge >= 0.3 is 0 Å². The van der Waals surface area contributed by atoms with E-state index in [4.69, 9.17) is 0 Å². The lowest BCUT2D eigenvalue weighted by Crippen LogP contribution is -2.26. The first-order chi connectivity index (χ1) is 14.1.